The molecular weight excluding hydrogens is 216 g/mol. The van der Waals surface area contributed by atoms with E-state index in [0.717, 1.165) is 6.08 Å². The molecule has 6 heteroatoms. The van der Waals surface area contributed by atoms with Gasteiger partial charge in [0.15, 0.2) is 0 Å². The molecule has 0 fully saturated rings. The summed E-state index contributed by atoms with van der Waals surface area (Å²) in [5.74, 6) is -0.368. The van der Waals surface area contributed by atoms with Gasteiger partial charge in [0, 0.05) is 12.4 Å². The van der Waals surface area contributed by atoms with Crippen LogP contribution in [0.25, 0.3) is 0 Å². The van der Waals surface area contributed by atoms with Crippen molar-refractivity contribution in [2.75, 3.05) is 5.75 Å². The fourth-order valence-corrected chi connectivity index (χ4v) is 0.873. The van der Waals surface area contributed by atoms with Gasteiger partial charge in [0.2, 0.25) is 0 Å². The van der Waals surface area contributed by atoms with E-state index in [4.69, 9.17) is 9.81 Å². The lowest BCUT2D eigenvalue weighted by Crippen LogP contribution is -1.99. The highest BCUT2D eigenvalue weighted by atomic mass is 32.2. The van der Waals surface area contributed by atoms with Gasteiger partial charge >= 0.3 is 0 Å². The van der Waals surface area contributed by atoms with Gasteiger partial charge in [-0.05, 0) is 12.1 Å². The molecule has 0 unspecified atom stereocenters. The predicted octanol–water partition coefficient (Wildman–Crippen LogP) is 1.01. The van der Waals surface area contributed by atoms with Crippen LogP contribution in [0.1, 0.15) is 5.56 Å². The Labute approximate surface area is 88.4 Å². The first-order valence-electron chi connectivity index (χ1n) is 3.86. The maximum atomic E-state index is 9.72. The summed E-state index contributed by atoms with van der Waals surface area (Å²) >= 11 is 0. The van der Waals surface area contributed by atoms with Gasteiger partial charge in [-0.1, -0.05) is 6.08 Å². The fourth-order valence-electron chi connectivity index (χ4n) is 0.575. The maximum Gasteiger partial charge on any atom is 0.268 e. The Morgan fingerprint density at radius 2 is 2.07 bits per heavy atom. The van der Waals surface area contributed by atoms with Crippen LogP contribution in [0.5, 0.6) is 0 Å². The molecule has 0 radical (unpaired) electrons. The highest BCUT2D eigenvalue weighted by Gasteiger charge is 1.95. The number of hydrogen-bond acceptors (Lipinski definition) is 4. The molecule has 0 aromatic carbocycles. The molecule has 0 saturated carbocycles. The molecule has 0 saturated heterocycles. The molecule has 1 heterocycles. The number of nitrogens with zero attached hydrogens (tertiary/aromatic N) is 2. The summed E-state index contributed by atoms with van der Waals surface area (Å²) in [5.41, 5.74) is 0.653. The lowest BCUT2D eigenvalue weighted by Gasteiger charge is -1.82. The van der Waals surface area contributed by atoms with Crippen molar-refractivity contribution in [3.05, 3.63) is 42.7 Å². The number of aromatic nitrogens is 1. The minimum Gasteiger partial charge on any atom is -0.285 e. The Morgan fingerprint density at radius 1 is 1.53 bits per heavy atom. The topological polar surface area (TPSA) is 91.0 Å². The molecule has 1 rings (SSSR count). The Balaban J connectivity index is 0.000000265. The van der Waals surface area contributed by atoms with E-state index in [1.54, 1.807) is 24.5 Å². The molecular formula is C9H10N2O3S. The van der Waals surface area contributed by atoms with Crippen LogP contribution in [0.2, 0.25) is 0 Å². The Hall–Kier alpha value is -1.71. The first kappa shape index (κ1) is 13.3. The Kier molecular flexibility index (Phi) is 5.94. The van der Waals surface area contributed by atoms with Gasteiger partial charge in [-0.15, -0.1) is 6.58 Å². The van der Waals surface area contributed by atoms with Gasteiger partial charge in [-0.2, -0.15) is 13.7 Å². The van der Waals surface area contributed by atoms with Crippen LogP contribution in [0.3, 0.4) is 0 Å². The van der Waals surface area contributed by atoms with Gasteiger partial charge in [0.1, 0.15) is 0 Å². The van der Waals surface area contributed by atoms with E-state index < -0.39 is 10.1 Å². The van der Waals surface area contributed by atoms with Crippen molar-refractivity contribution in [2.24, 2.45) is 0 Å². The molecule has 0 spiro atoms. The quantitative estimate of drug-likeness (QED) is 0.600. The third-order valence-electron chi connectivity index (χ3n) is 1.14. The lowest BCUT2D eigenvalue weighted by atomic mass is 10.3. The summed E-state index contributed by atoms with van der Waals surface area (Å²) in [7, 11) is -3.79. The van der Waals surface area contributed by atoms with Crippen LogP contribution in [-0.4, -0.2) is 23.7 Å². The zero-order chi connectivity index (χ0) is 11.7. The molecule has 1 N–H and O–H groups in total. The molecule has 15 heavy (non-hydrogen) atoms. The van der Waals surface area contributed by atoms with Crippen molar-refractivity contribution in [3.63, 3.8) is 0 Å². The first-order chi connectivity index (χ1) is 6.99. The smallest absolute Gasteiger partial charge is 0.268 e. The van der Waals surface area contributed by atoms with E-state index in [9.17, 15) is 8.42 Å². The SMILES string of the molecule is C=CCS(=O)(=O)O.N#Cc1ccncc1. The summed E-state index contributed by atoms with van der Waals surface area (Å²) in [6.07, 6.45) is 4.31. The molecule has 0 aliphatic rings. The van der Waals surface area contributed by atoms with Crippen molar-refractivity contribution in [2.45, 2.75) is 0 Å². The highest BCUT2D eigenvalue weighted by molar-refractivity contribution is 7.85. The Morgan fingerprint density at radius 3 is 2.27 bits per heavy atom. The monoisotopic (exact) mass is 226 g/mol. The standard InChI is InChI=1S/C6H4N2.C3H6O3S/c7-5-6-1-3-8-4-2-6;1-2-3-7(4,5)6/h1-4H;2H,1,3H2,(H,4,5,6). The fraction of sp³-hybridized carbons (Fsp3) is 0.111. The zero-order valence-electron chi connectivity index (χ0n) is 7.87. The average molecular weight is 226 g/mol. The normalized spacial score (nSPS) is 9.33. The molecule has 1 aromatic heterocycles. The number of pyridine rings is 1. The van der Waals surface area contributed by atoms with Gasteiger partial charge < -0.3 is 0 Å². The summed E-state index contributed by atoms with van der Waals surface area (Å²) in [6, 6.07) is 5.32. The van der Waals surface area contributed by atoms with Gasteiger partial charge in [-0.25, -0.2) is 0 Å². The summed E-state index contributed by atoms with van der Waals surface area (Å²) in [5, 5.41) is 8.26. The van der Waals surface area contributed by atoms with E-state index >= 15 is 0 Å². The lowest BCUT2D eigenvalue weighted by molar-refractivity contribution is 0.487. The first-order valence-corrected chi connectivity index (χ1v) is 5.46. The zero-order valence-corrected chi connectivity index (χ0v) is 8.68. The molecule has 0 bridgehead atoms. The third-order valence-corrected chi connectivity index (χ3v) is 1.79. The average Bonchev–Trinajstić information content (AvgIpc) is 2.18. The van der Waals surface area contributed by atoms with Crippen LogP contribution < -0.4 is 0 Å². The number of rotatable bonds is 2. The van der Waals surface area contributed by atoms with E-state index in [1.807, 2.05) is 6.07 Å². The molecule has 0 amide bonds. The van der Waals surface area contributed by atoms with Gasteiger partial charge in [0.25, 0.3) is 10.1 Å². The second-order valence-corrected chi connectivity index (χ2v) is 3.88. The van der Waals surface area contributed by atoms with E-state index in [2.05, 4.69) is 11.6 Å². The van der Waals surface area contributed by atoms with Crippen molar-refractivity contribution in [1.82, 2.24) is 4.98 Å². The van der Waals surface area contributed by atoms with E-state index in [-0.39, 0.29) is 5.75 Å². The largest absolute Gasteiger partial charge is 0.285 e. The minimum atomic E-state index is -3.79. The third kappa shape index (κ3) is 8.62. The molecule has 0 aliphatic carbocycles. The summed E-state index contributed by atoms with van der Waals surface area (Å²) in [6.45, 7) is 3.11. The molecule has 5 nitrogen and oxygen atoms in total. The maximum absolute atomic E-state index is 9.72. The highest BCUT2D eigenvalue weighted by Crippen LogP contribution is 1.89. The summed E-state index contributed by atoms with van der Waals surface area (Å²) in [4.78, 5) is 3.74. The van der Waals surface area contributed by atoms with E-state index in [1.165, 1.54) is 0 Å². The molecule has 0 atom stereocenters. The Bertz CT molecular complexity index is 434. The van der Waals surface area contributed by atoms with Crippen molar-refractivity contribution in [3.8, 4) is 6.07 Å². The molecule has 1 aromatic rings. The molecule has 0 aliphatic heterocycles. The second-order valence-electron chi connectivity index (χ2n) is 2.38. The van der Waals surface area contributed by atoms with E-state index in [0.29, 0.717) is 5.56 Å². The van der Waals surface area contributed by atoms with Gasteiger partial charge in [0.05, 0.1) is 17.4 Å². The summed E-state index contributed by atoms with van der Waals surface area (Å²) < 4.78 is 27.3. The van der Waals surface area contributed by atoms with Crippen LogP contribution >= 0.6 is 0 Å². The van der Waals surface area contributed by atoms with Crippen LogP contribution in [0.15, 0.2) is 37.2 Å². The van der Waals surface area contributed by atoms with Crippen molar-refractivity contribution in [1.29, 1.82) is 5.26 Å². The second kappa shape index (κ2) is 6.70. The molecule has 80 valence electrons. The van der Waals surface area contributed by atoms with Crippen molar-refractivity contribution >= 4 is 10.1 Å². The van der Waals surface area contributed by atoms with Gasteiger partial charge in [-0.3, -0.25) is 9.54 Å². The van der Waals surface area contributed by atoms with Crippen LogP contribution in [0.4, 0.5) is 0 Å². The van der Waals surface area contributed by atoms with Crippen LogP contribution in [-0.2, 0) is 10.1 Å². The van der Waals surface area contributed by atoms with Crippen molar-refractivity contribution < 1.29 is 13.0 Å². The minimum absolute atomic E-state index is 0.368. The van der Waals surface area contributed by atoms with Crippen LogP contribution in [0, 0.1) is 11.3 Å². The number of nitriles is 1. The predicted molar refractivity (Wildman–Crippen MR) is 55.6 cm³/mol. The number of hydrogen-bond donors (Lipinski definition) is 1.